The molecule has 0 spiro atoms. The minimum atomic E-state index is -0.237. The Labute approximate surface area is 109 Å². The molecule has 18 heavy (non-hydrogen) atoms. The third kappa shape index (κ3) is 3.15. The second-order valence-corrected chi connectivity index (χ2v) is 5.42. The van der Waals surface area contributed by atoms with Crippen LogP contribution < -0.4 is 10.6 Å². The molecule has 0 bridgehead atoms. The van der Waals surface area contributed by atoms with Crippen LogP contribution in [-0.2, 0) is 0 Å². The van der Waals surface area contributed by atoms with Crippen LogP contribution in [0.2, 0.25) is 0 Å². The molecule has 1 saturated heterocycles. The maximum Gasteiger partial charge on any atom is 0.0712 e. The standard InChI is InChI=1S/C14H23N3O/c1-16(2)10-14(18)11-7-8-17(9-11)13-5-3-12(15)4-6-13/h3-6,11,14,18H,7-10,15H2,1-2H3. The van der Waals surface area contributed by atoms with Gasteiger partial charge >= 0.3 is 0 Å². The minimum absolute atomic E-state index is 0.237. The summed E-state index contributed by atoms with van der Waals surface area (Å²) >= 11 is 0. The van der Waals surface area contributed by atoms with Crippen LogP contribution in [0.15, 0.2) is 24.3 Å². The van der Waals surface area contributed by atoms with Gasteiger partial charge in [0.15, 0.2) is 0 Å². The van der Waals surface area contributed by atoms with E-state index >= 15 is 0 Å². The van der Waals surface area contributed by atoms with E-state index in [4.69, 9.17) is 5.73 Å². The Kier molecular flexibility index (Phi) is 4.09. The van der Waals surface area contributed by atoms with Crippen LogP contribution in [-0.4, -0.2) is 49.8 Å². The molecule has 1 aliphatic rings. The Morgan fingerprint density at radius 1 is 1.39 bits per heavy atom. The number of hydrogen-bond donors (Lipinski definition) is 2. The summed E-state index contributed by atoms with van der Waals surface area (Å²) in [7, 11) is 3.99. The van der Waals surface area contributed by atoms with E-state index < -0.39 is 0 Å². The zero-order chi connectivity index (χ0) is 13.1. The Hall–Kier alpha value is -1.26. The molecule has 0 aromatic heterocycles. The number of aliphatic hydroxyl groups is 1. The normalized spacial score (nSPS) is 21.6. The molecule has 1 aliphatic heterocycles. The molecule has 4 nitrogen and oxygen atoms in total. The number of anilines is 2. The maximum atomic E-state index is 10.1. The van der Waals surface area contributed by atoms with Crippen molar-refractivity contribution in [3.05, 3.63) is 24.3 Å². The van der Waals surface area contributed by atoms with Crippen molar-refractivity contribution in [2.45, 2.75) is 12.5 Å². The molecular formula is C14H23N3O. The first-order valence-electron chi connectivity index (χ1n) is 6.49. The van der Waals surface area contributed by atoms with E-state index in [-0.39, 0.29) is 6.10 Å². The number of rotatable bonds is 4. The number of nitrogens with zero attached hydrogens (tertiary/aromatic N) is 2. The number of hydrogen-bond acceptors (Lipinski definition) is 4. The average molecular weight is 249 g/mol. The minimum Gasteiger partial charge on any atom is -0.399 e. The molecule has 2 rings (SSSR count). The van der Waals surface area contributed by atoms with Gasteiger partial charge in [0.25, 0.3) is 0 Å². The fourth-order valence-corrected chi connectivity index (χ4v) is 2.54. The van der Waals surface area contributed by atoms with Crippen LogP contribution in [0.4, 0.5) is 11.4 Å². The molecule has 2 unspecified atom stereocenters. The predicted octanol–water partition coefficient (Wildman–Crippen LogP) is 1.02. The van der Waals surface area contributed by atoms with Gasteiger partial charge in [-0.05, 0) is 44.8 Å². The summed E-state index contributed by atoms with van der Waals surface area (Å²) < 4.78 is 0. The van der Waals surface area contributed by atoms with Gasteiger partial charge in [0.05, 0.1) is 6.10 Å². The lowest BCUT2D eigenvalue weighted by Crippen LogP contribution is -2.34. The molecule has 0 amide bonds. The monoisotopic (exact) mass is 249 g/mol. The van der Waals surface area contributed by atoms with E-state index in [1.54, 1.807) is 0 Å². The van der Waals surface area contributed by atoms with E-state index in [1.165, 1.54) is 5.69 Å². The molecule has 1 fully saturated rings. The highest BCUT2D eigenvalue weighted by molar-refractivity contribution is 5.53. The fourth-order valence-electron chi connectivity index (χ4n) is 2.54. The van der Waals surface area contributed by atoms with E-state index in [0.29, 0.717) is 5.92 Å². The van der Waals surface area contributed by atoms with Gasteiger partial charge in [-0.2, -0.15) is 0 Å². The smallest absolute Gasteiger partial charge is 0.0712 e. The zero-order valence-electron chi connectivity index (χ0n) is 11.2. The molecular weight excluding hydrogens is 226 g/mol. The molecule has 1 aromatic carbocycles. The first-order chi connectivity index (χ1) is 8.56. The summed E-state index contributed by atoms with van der Waals surface area (Å²) in [6.45, 7) is 2.68. The van der Waals surface area contributed by atoms with Crippen molar-refractivity contribution in [2.24, 2.45) is 5.92 Å². The van der Waals surface area contributed by atoms with Crippen molar-refractivity contribution in [3.63, 3.8) is 0 Å². The van der Waals surface area contributed by atoms with E-state index in [0.717, 1.165) is 31.7 Å². The predicted molar refractivity (Wildman–Crippen MR) is 75.7 cm³/mol. The molecule has 0 saturated carbocycles. The second-order valence-electron chi connectivity index (χ2n) is 5.42. The van der Waals surface area contributed by atoms with Crippen LogP contribution >= 0.6 is 0 Å². The lowest BCUT2D eigenvalue weighted by Gasteiger charge is -2.23. The van der Waals surface area contributed by atoms with Crippen LogP contribution in [0.25, 0.3) is 0 Å². The Bertz CT molecular complexity index is 377. The van der Waals surface area contributed by atoms with E-state index in [1.807, 2.05) is 31.1 Å². The molecule has 2 atom stereocenters. The summed E-state index contributed by atoms with van der Waals surface area (Å²) in [5, 5.41) is 10.1. The lowest BCUT2D eigenvalue weighted by molar-refractivity contribution is 0.0883. The van der Waals surface area contributed by atoms with E-state index in [2.05, 4.69) is 17.0 Å². The van der Waals surface area contributed by atoms with Crippen LogP contribution in [0.5, 0.6) is 0 Å². The average Bonchev–Trinajstić information content (AvgIpc) is 2.78. The summed E-state index contributed by atoms with van der Waals surface area (Å²) in [5.74, 6) is 0.366. The number of benzene rings is 1. The van der Waals surface area contributed by atoms with Crippen molar-refractivity contribution in [1.29, 1.82) is 0 Å². The van der Waals surface area contributed by atoms with Gasteiger partial charge in [0.1, 0.15) is 0 Å². The number of nitrogen functional groups attached to an aromatic ring is 1. The van der Waals surface area contributed by atoms with Crippen LogP contribution in [0, 0.1) is 5.92 Å². The molecule has 4 heteroatoms. The van der Waals surface area contributed by atoms with Crippen molar-refractivity contribution in [3.8, 4) is 0 Å². The Morgan fingerprint density at radius 2 is 2.06 bits per heavy atom. The van der Waals surface area contributed by atoms with Gasteiger partial charge in [-0.1, -0.05) is 0 Å². The third-order valence-electron chi connectivity index (χ3n) is 3.58. The number of nitrogens with two attached hydrogens (primary N) is 1. The van der Waals surface area contributed by atoms with Crippen LogP contribution in [0.1, 0.15) is 6.42 Å². The molecule has 0 radical (unpaired) electrons. The van der Waals surface area contributed by atoms with Crippen molar-refractivity contribution < 1.29 is 5.11 Å². The first-order valence-corrected chi connectivity index (χ1v) is 6.49. The summed E-state index contributed by atoms with van der Waals surface area (Å²) in [5.41, 5.74) is 7.68. The second kappa shape index (κ2) is 5.59. The van der Waals surface area contributed by atoms with Gasteiger partial charge in [0.2, 0.25) is 0 Å². The van der Waals surface area contributed by atoms with Crippen LogP contribution in [0.3, 0.4) is 0 Å². The SMILES string of the molecule is CN(C)CC(O)C1CCN(c2ccc(N)cc2)C1. The largest absolute Gasteiger partial charge is 0.399 e. The van der Waals surface area contributed by atoms with Gasteiger partial charge in [-0.3, -0.25) is 0 Å². The molecule has 0 aliphatic carbocycles. The van der Waals surface area contributed by atoms with Crippen molar-refractivity contribution >= 4 is 11.4 Å². The number of likely N-dealkylation sites (N-methyl/N-ethyl adjacent to an activating group) is 1. The van der Waals surface area contributed by atoms with Gasteiger partial charge in [-0.25, -0.2) is 0 Å². The fraction of sp³-hybridized carbons (Fsp3) is 0.571. The van der Waals surface area contributed by atoms with Crippen molar-refractivity contribution in [1.82, 2.24) is 4.90 Å². The molecule has 1 aromatic rings. The highest BCUT2D eigenvalue weighted by Gasteiger charge is 2.28. The third-order valence-corrected chi connectivity index (χ3v) is 3.58. The quantitative estimate of drug-likeness (QED) is 0.782. The Balaban J connectivity index is 1.93. The van der Waals surface area contributed by atoms with Gasteiger partial charge in [0, 0.05) is 36.9 Å². The van der Waals surface area contributed by atoms with E-state index in [9.17, 15) is 5.11 Å². The summed E-state index contributed by atoms with van der Waals surface area (Å²) in [6, 6.07) is 7.96. The molecule has 3 N–H and O–H groups in total. The summed E-state index contributed by atoms with van der Waals surface area (Å²) in [6.07, 6.45) is 0.818. The highest BCUT2D eigenvalue weighted by Crippen LogP contribution is 2.26. The summed E-state index contributed by atoms with van der Waals surface area (Å²) in [4.78, 5) is 4.36. The topological polar surface area (TPSA) is 52.7 Å². The van der Waals surface area contributed by atoms with Crippen molar-refractivity contribution in [2.75, 3.05) is 44.4 Å². The zero-order valence-corrected chi connectivity index (χ0v) is 11.2. The first kappa shape index (κ1) is 13.2. The molecule has 100 valence electrons. The maximum absolute atomic E-state index is 10.1. The van der Waals surface area contributed by atoms with Gasteiger partial charge in [-0.15, -0.1) is 0 Å². The highest BCUT2D eigenvalue weighted by atomic mass is 16.3. The number of aliphatic hydroxyl groups excluding tert-OH is 1. The van der Waals surface area contributed by atoms with Gasteiger partial charge < -0.3 is 20.6 Å². The molecule has 1 heterocycles. The lowest BCUT2D eigenvalue weighted by atomic mass is 10.0. The Morgan fingerprint density at radius 3 is 2.67 bits per heavy atom.